The number of imide groups is 1. The highest BCUT2D eigenvalue weighted by atomic mass is 32.2. The fraction of sp³-hybridized carbons (Fsp3) is 0.188. The van der Waals surface area contributed by atoms with E-state index in [1.807, 2.05) is 0 Å². The third-order valence-electron chi connectivity index (χ3n) is 3.67. The molecule has 1 aliphatic heterocycles. The van der Waals surface area contributed by atoms with Crippen LogP contribution in [0.25, 0.3) is 0 Å². The maximum atomic E-state index is 12.6. The van der Waals surface area contributed by atoms with E-state index < -0.39 is 17.4 Å². The molecule has 0 radical (unpaired) electrons. The lowest BCUT2D eigenvalue weighted by molar-refractivity contribution is -0.114. The summed E-state index contributed by atoms with van der Waals surface area (Å²) in [5.74, 6) is -0.600. The van der Waals surface area contributed by atoms with Crippen LogP contribution in [-0.4, -0.2) is 38.4 Å². The van der Waals surface area contributed by atoms with Gasteiger partial charge in [-0.2, -0.15) is 13.2 Å². The Kier molecular flexibility index (Phi) is 4.77. The average molecular weight is 382 g/mol. The zero-order chi connectivity index (χ0) is 18.9. The van der Waals surface area contributed by atoms with Crippen molar-refractivity contribution in [1.82, 2.24) is 14.5 Å². The predicted octanol–water partition coefficient (Wildman–Crippen LogP) is 3.48. The van der Waals surface area contributed by atoms with Gasteiger partial charge in [0.15, 0.2) is 0 Å². The molecule has 1 fully saturated rings. The number of carbonyl (C=O) groups excluding carboxylic acids is 2. The Morgan fingerprint density at radius 2 is 1.81 bits per heavy atom. The van der Waals surface area contributed by atoms with Gasteiger partial charge in [-0.3, -0.25) is 9.69 Å². The molecule has 0 bridgehead atoms. The summed E-state index contributed by atoms with van der Waals surface area (Å²) in [5.41, 5.74) is -4.19. The summed E-state index contributed by atoms with van der Waals surface area (Å²) in [6.07, 6.45) is 4.90. The Hall–Kier alpha value is -2.75. The highest BCUT2D eigenvalue weighted by Crippen LogP contribution is 2.37. The van der Waals surface area contributed by atoms with Crippen LogP contribution in [0.3, 0.4) is 0 Å². The van der Waals surface area contributed by atoms with Crippen molar-refractivity contribution in [3.8, 4) is 0 Å². The van der Waals surface area contributed by atoms with Gasteiger partial charge in [-0.15, -0.1) is 0 Å². The molecule has 1 aromatic heterocycles. The molecule has 1 aliphatic rings. The number of anilines is 1. The lowest BCUT2D eigenvalue weighted by atomic mass is 10.3. The molecule has 0 unspecified atom stereocenters. The fourth-order valence-corrected chi connectivity index (χ4v) is 3.00. The van der Waals surface area contributed by atoms with Crippen molar-refractivity contribution in [2.45, 2.75) is 16.9 Å². The minimum Gasteiger partial charge on any atom is -0.336 e. The van der Waals surface area contributed by atoms with Crippen molar-refractivity contribution in [2.75, 3.05) is 11.4 Å². The van der Waals surface area contributed by atoms with Crippen LogP contribution >= 0.6 is 11.8 Å². The summed E-state index contributed by atoms with van der Waals surface area (Å²) < 4.78 is 38.9. The predicted molar refractivity (Wildman–Crippen MR) is 89.3 cm³/mol. The standard InChI is InChI=1S/C16H13F3N4O2S/c1-11-14(24)23(12-2-4-13(5-3-12)26-16(17,18)19)15(25)22(11)9-8-21-7-6-20-10-21/h2-7,10H,1,8-9H2. The van der Waals surface area contributed by atoms with Crippen LogP contribution in [0.15, 0.2) is 60.2 Å². The quantitative estimate of drug-likeness (QED) is 0.451. The lowest BCUT2D eigenvalue weighted by Crippen LogP contribution is -2.34. The summed E-state index contributed by atoms with van der Waals surface area (Å²) >= 11 is -0.264. The van der Waals surface area contributed by atoms with E-state index >= 15 is 0 Å². The number of carbonyl (C=O) groups is 2. The Labute approximate surface area is 150 Å². The van der Waals surface area contributed by atoms with Crippen LogP contribution in [0, 0.1) is 0 Å². The second-order valence-electron chi connectivity index (χ2n) is 5.36. The van der Waals surface area contributed by atoms with Gasteiger partial charge in [0.2, 0.25) is 0 Å². The first-order valence-electron chi connectivity index (χ1n) is 7.42. The second-order valence-corrected chi connectivity index (χ2v) is 6.50. The molecule has 0 atom stereocenters. The molecular formula is C16H13F3N4O2S. The number of nitrogens with zero attached hydrogens (tertiary/aromatic N) is 4. The first kappa shape index (κ1) is 18.1. The Bertz CT molecular complexity index is 834. The number of rotatable bonds is 5. The van der Waals surface area contributed by atoms with Gasteiger partial charge in [0.25, 0.3) is 5.91 Å². The van der Waals surface area contributed by atoms with E-state index in [1.54, 1.807) is 23.3 Å². The van der Waals surface area contributed by atoms with E-state index in [2.05, 4.69) is 11.6 Å². The lowest BCUT2D eigenvalue weighted by Gasteiger charge is -2.17. The SMILES string of the molecule is C=C1C(=O)N(c2ccc(SC(F)(F)F)cc2)C(=O)N1CCn1ccnc1. The molecule has 136 valence electrons. The van der Waals surface area contributed by atoms with Crippen molar-refractivity contribution in [3.63, 3.8) is 0 Å². The number of thioether (sulfide) groups is 1. The maximum absolute atomic E-state index is 12.6. The molecule has 0 aliphatic carbocycles. The number of halogens is 3. The number of amides is 3. The summed E-state index contributed by atoms with van der Waals surface area (Å²) in [6.45, 7) is 4.29. The van der Waals surface area contributed by atoms with E-state index in [0.717, 1.165) is 4.90 Å². The van der Waals surface area contributed by atoms with Gasteiger partial charge in [0.05, 0.1) is 12.0 Å². The summed E-state index contributed by atoms with van der Waals surface area (Å²) in [4.78, 5) is 30.9. The molecule has 2 heterocycles. The van der Waals surface area contributed by atoms with Gasteiger partial charge in [0, 0.05) is 30.4 Å². The first-order chi connectivity index (χ1) is 12.3. The third kappa shape index (κ3) is 3.74. The van der Waals surface area contributed by atoms with Gasteiger partial charge in [-0.05, 0) is 36.0 Å². The van der Waals surface area contributed by atoms with E-state index in [-0.39, 0.29) is 34.6 Å². The molecule has 2 aromatic rings. The average Bonchev–Trinajstić information content (AvgIpc) is 3.14. The zero-order valence-electron chi connectivity index (χ0n) is 13.3. The molecule has 26 heavy (non-hydrogen) atoms. The number of hydrogen-bond acceptors (Lipinski definition) is 4. The van der Waals surface area contributed by atoms with Crippen LogP contribution in [0.1, 0.15) is 0 Å². The highest BCUT2D eigenvalue weighted by molar-refractivity contribution is 8.00. The highest BCUT2D eigenvalue weighted by Gasteiger charge is 2.40. The number of benzene rings is 1. The summed E-state index contributed by atoms with van der Waals surface area (Å²) in [6, 6.07) is 4.44. The molecule has 10 heteroatoms. The summed E-state index contributed by atoms with van der Waals surface area (Å²) in [7, 11) is 0. The third-order valence-corrected chi connectivity index (χ3v) is 4.41. The Morgan fingerprint density at radius 3 is 2.38 bits per heavy atom. The van der Waals surface area contributed by atoms with Crippen molar-refractivity contribution >= 4 is 29.4 Å². The zero-order valence-corrected chi connectivity index (χ0v) is 14.1. The van der Waals surface area contributed by atoms with E-state index in [0.29, 0.717) is 6.54 Å². The second kappa shape index (κ2) is 6.87. The van der Waals surface area contributed by atoms with Crippen LogP contribution in [0.2, 0.25) is 0 Å². The molecule has 0 N–H and O–H groups in total. The molecular weight excluding hydrogens is 369 g/mol. The van der Waals surface area contributed by atoms with Crippen molar-refractivity contribution in [3.05, 3.63) is 55.3 Å². The Balaban J connectivity index is 1.74. The topological polar surface area (TPSA) is 58.4 Å². The van der Waals surface area contributed by atoms with Gasteiger partial charge in [0.1, 0.15) is 5.70 Å². The fourth-order valence-electron chi connectivity index (χ4n) is 2.46. The molecule has 1 aromatic carbocycles. The normalized spacial score (nSPS) is 15.3. The largest absolute Gasteiger partial charge is 0.446 e. The number of alkyl halides is 3. The summed E-state index contributed by atoms with van der Waals surface area (Å²) in [5, 5.41) is 0. The van der Waals surface area contributed by atoms with Crippen LogP contribution in [0.4, 0.5) is 23.7 Å². The van der Waals surface area contributed by atoms with Gasteiger partial charge < -0.3 is 4.57 Å². The minimum absolute atomic E-state index is 0.0175. The van der Waals surface area contributed by atoms with Gasteiger partial charge >= 0.3 is 11.5 Å². The molecule has 6 nitrogen and oxygen atoms in total. The smallest absolute Gasteiger partial charge is 0.336 e. The van der Waals surface area contributed by atoms with E-state index in [9.17, 15) is 22.8 Å². The van der Waals surface area contributed by atoms with Crippen molar-refractivity contribution in [2.24, 2.45) is 0 Å². The van der Waals surface area contributed by atoms with Crippen molar-refractivity contribution in [1.29, 1.82) is 0 Å². The maximum Gasteiger partial charge on any atom is 0.446 e. The number of urea groups is 1. The molecule has 1 saturated heterocycles. The first-order valence-corrected chi connectivity index (χ1v) is 8.24. The molecule has 3 amide bonds. The number of hydrogen-bond donors (Lipinski definition) is 0. The van der Waals surface area contributed by atoms with Crippen molar-refractivity contribution < 1.29 is 22.8 Å². The van der Waals surface area contributed by atoms with Crippen LogP contribution in [0.5, 0.6) is 0 Å². The molecule has 3 rings (SSSR count). The van der Waals surface area contributed by atoms with Crippen LogP contribution < -0.4 is 4.90 Å². The van der Waals surface area contributed by atoms with Gasteiger partial charge in [-0.25, -0.2) is 14.7 Å². The molecule has 0 spiro atoms. The number of imidazole rings is 1. The van der Waals surface area contributed by atoms with Crippen LogP contribution in [-0.2, 0) is 11.3 Å². The monoisotopic (exact) mass is 382 g/mol. The van der Waals surface area contributed by atoms with Gasteiger partial charge in [-0.1, -0.05) is 6.58 Å². The minimum atomic E-state index is -4.40. The van der Waals surface area contributed by atoms with E-state index in [4.69, 9.17) is 0 Å². The number of aromatic nitrogens is 2. The van der Waals surface area contributed by atoms with E-state index in [1.165, 1.54) is 29.2 Å². The molecule has 0 saturated carbocycles. The Morgan fingerprint density at radius 1 is 1.12 bits per heavy atom.